The molecule has 0 amide bonds. The number of benzene rings is 2. The highest BCUT2D eigenvalue weighted by Gasteiger charge is 2.03. The van der Waals surface area contributed by atoms with Crippen LogP contribution in [-0.4, -0.2) is 18.2 Å². The monoisotopic (exact) mass is 268 g/mol. The minimum atomic E-state index is -0.379. The standard InChI is InChI=1S/C17H16O3/c1-12-10-15(18)7-8-16(12)14-5-3-4-13(11-14)6-9-17(19)20-2/h3-11,18H,1-2H3/b9-6+. The van der Waals surface area contributed by atoms with Crippen molar-refractivity contribution in [3.05, 3.63) is 59.7 Å². The van der Waals surface area contributed by atoms with Gasteiger partial charge in [0.1, 0.15) is 5.75 Å². The van der Waals surface area contributed by atoms with Gasteiger partial charge in [-0.1, -0.05) is 24.3 Å². The summed E-state index contributed by atoms with van der Waals surface area (Å²) in [5, 5.41) is 9.45. The molecule has 102 valence electrons. The average Bonchev–Trinajstić information content (AvgIpc) is 2.45. The third kappa shape index (κ3) is 3.26. The molecule has 1 N–H and O–H groups in total. The first-order chi connectivity index (χ1) is 9.60. The third-order valence-electron chi connectivity index (χ3n) is 3.02. The zero-order valence-corrected chi connectivity index (χ0v) is 11.5. The van der Waals surface area contributed by atoms with Gasteiger partial charge in [0.2, 0.25) is 0 Å². The van der Waals surface area contributed by atoms with Gasteiger partial charge in [0.25, 0.3) is 0 Å². The molecule has 2 aromatic carbocycles. The van der Waals surface area contributed by atoms with Gasteiger partial charge in [-0.3, -0.25) is 0 Å². The highest BCUT2D eigenvalue weighted by atomic mass is 16.5. The number of rotatable bonds is 3. The van der Waals surface area contributed by atoms with Crippen LogP contribution in [0.25, 0.3) is 17.2 Å². The molecule has 0 aliphatic rings. The van der Waals surface area contributed by atoms with Gasteiger partial charge in [0, 0.05) is 6.08 Å². The number of carbonyl (C=O) groups is 1. The molecule has 2 aromatic rings. The third-order valence-corrected chi connectivity index (χ3v) is 3.02. The van der Waals surface area contributed by atoms with E-state index in [1.54, 1.807) is 18.2 Å². The van der Waals surface area contributed by atoms with E-state index in [1.165, 1.54) is 13.2 Å². The number of carbonyl (C=O) groups excluding carboxylic acids is 1. The molecule has 3 heteroatoms. The van der Waals surface area contributed by atoms with Crippen LogP contribution in [0, 0.1) is 6.92 Å². The Morgan fingerprint density at radius 3 is 2.70 bits per heavy atom. The van der Waals surface area contributed by atoms with Crippen LogP contribution in [0.4, 0.5) is 0 Å². The molecular formula is C17H16O3. The van der Waals surface area contributed by atoms with Crippen LogP contribution in [-0.2, 0) is 9.53 Å². The van der Waals surface area contributed by atoms with E-state index in [2.05, 4.69) is 4.74 Å². The Kier molecular flexibility index (Phi) is 4.20. The lowest BCUT2D eigenvalue weighted by atomic mass is 9.98. The van der Waals surface area contributed by atoms with Crippen molar-refractivity contribution in [2.24, 2.45) is 0 Å². The maximum Gasteiger partial charge on any atom is 0.330 e. The van der Waals surface area contributed by atoms with Crippen LogP contribution in [0.2, 0.25) is 0 Å². The lowest BCUT2D eigenvalue weighted by Crippen LogP contribution is -1.93. The maximum atomic E-state index is 11.1. The van der Waals surface area contributed by atoms with Gasteiger partial charge >= 0.3 is 5.97 Å². The number of hydrogen-bond acceptors (Lipinski definition) is 3. The highest BCUT2D eigenvalue weighted by Crippen LogP contribution is 2.27. The Morgan fingerprint density at radius 2 is 2.00 bits per heavy atom. The van der Waals surface area contributed by atoms with Crippen LogP contribution >= 0.6 is 0 Å². The first-order valence-electron chi connectivity index (χ1n) is 6.26. The van der Waals surface area contributed by atoms with E-state index in [9.17, 15) is 9.90 Å². The molecular weight excluding hydrogens is 252 g/mol. The van der Waals surface area contributed by atoms with Crippen molar-refractivity contribution in [1.82, 2.24) is 0 Å². The number of aryl methyl sites for hydroxylation is 1. The van der Waals surface area contributed by atoms with Crippen LogP contribution in [0.5, 0.6) is 5.75 Å². The van der Waals surface area contributed by atoms with Gasteiger partial charge in [-0.2, -0.15) is 0 Å². The zero-order valence-electron chi connectivity index (χ0n) is 11.5. The topological polar surface area (TPSA) is 46.5 Å². The van der Waals surface area contributed by atoms with E-state index in [-0.39, 0.29) is 11.7 Å². The highest BCUT2D eigenvalue weighted by molar-refractivity contribution is 5.87. The summed E-state index contributed by atoms with van der Waals surface area (Å²) in [5.74, 6) is -0.121. The van der Waals surface area contributed by atoms with Gasteiger partial charge in [0.15, 0.2) is 0 Å². The van der Waals surface area contributed by atoms with Crippen molar-refractivity contribution in [1.29, 1.82) is 0 Å². The molecule has 0 saturated carbocycles. The van der Waals surface area contributed by atoms with Crippen molar-refractivity contribution in [2.45, 2.75) is 6.92 Å². The van der Waals surface area contributed by atoms with Gasteiger partial charge < -0.3 is 9.84 Å². The Labute approximate surface area is 118 Å². The molecule has 3 nitrogen and oxygen atoms in total. The van der Waals surface area contributed by atoms with E-state index in [1.807, 2.05) is 37.3 Å². The fraction of sp³-hybridized carbons (Fsp3) is 0.118. The SMILES string of the molecule is COC(=O)/C=C/c1cccc(-c2ccc(O)cc2C)c1. The smallest absolute Gasteiger partial charge is 0.330 e. The first-order valence-corrected chi connectivity index (χ1v) is 6.26. The number of aromatic hydroxyl groups is 1. The summed E-state index contributed by atoms with van der Waals surface area (Å²) in [6, 6.07) is 13.1. The molecule has 0 aliphatic heterocycles. The number of phenolic OH excluding ortho intramolecular Hbond substituents is 1. The second-order valence-corrected chi connectivity index (χ2v) is 4.48. The number of methoxy groups -OCH3 is 1. The molecule has 2 rings (SSSR count). The molecule has 0 spiro atoms. The molecule has 0 fully saturated rings. The summed E-state index contributed by atoms with van der Waals surface area (Å²) in [7, 11) is 1.35. The molecule has 0 heterocycles. The summed E-state index contributed by atoms with van der Waals surface area (Å²) < 4.78 is 4.57. The zero-order chi connectivity index (χ0) is 14.5. The Hall–Kier alpha value is -2.55. The van der Waals surface area contributed by atoms with Crippen LogP contribution in [0.1, 0.15) is 11.1 Å². The molecule has 0 bridgehead atoms. The number of hydrogen-bond donors (Lipinski definition) is 1. The Bertz CT molecular complexity index is 657. The van der Waals surface area contributed by atoms with Crippen LogP contribution in [0.3, 0.4) is 0 Å². The lowest BCUT2D eigenvalue weighted by molar-refractivity contribution is -0.134. The quantitative estimate of drug-likeness (QED) is 0.684. The maximum absolute atomic E-state index is 11.1. The van der Waals surface area contributed by atoms with Gasteiger partial charge in [-0.05, 0) is 53.5 Å². The summed E-state index contributed by atoms with van der Waals surface area (Å²) in [6.45, 7) is 1.95. The number of phenols is 1. The number of esters is 1. The van der Waals surface area contributed by atoms with Crippen molar-refractivity contribution in [2.75, 3.05) is 7.11 Å². The van der Waals surface area contributed by atoms with E-state index in [4.69, 9.17) is 0 Å². The molecule has 0 unspecified atom stereocenters. The van der Waals surface area contributed by atoms with Gasteiger partial charge in [0.05, 0.1) is 7.11 Å². The fourth-order valence-electron chi connectivity index (χ4n) is 2.01. The summed E-state index contributed by atoms with van der Waals surface area (Å²) >= 11 is 0. The molecule has 0 saturated heterocycles. The number of ether oxygens (including phenoxy) is 1. The van der Waals surface area contributed by atoms with Crippen LogP contribution < -0.4 is 0 Å². The molecule has 0 radical (unpaired) electrons. The van der Waals surface area contributed by atoms with E-state index >= 15 is 0 Å². The molecule has 0 aliphatic carbocycles. The second-order valence-electron chi connectivity index (χ2n) is 4.48. The summed E-state index contributed by atoms with van der Waals surface area (Å²) in [5.41, 5.74) is 4.00. The predicted octanol–water partition coefficient (Wildman–Crippen LogP) is 3.55. The fourth-order valence-corrected chi connectivity index (χ4v) is 2.01. The van der Waals surface area contributed by atoms with Crippen molar-refractivity contribution >= 4 is 12.0 Å². The van der Waals surface area contributed by atoms with Gasteiger partial charge in [-0.25, -0.2) is 4.79 Å². The lowest BCUT2D eigenvalue weighted by Gasteiger charge is -2.07. The van der Waals surface area contributed by atoms with Crippen molar-refractivity contribution in [3.8, 4) is 16.9 Å². The largest absolute Gasteiger partial charge is 0.508 e. The van der Waals surface area contributed by atoms with Crippen LogP contribution in [0.15, 0.2) is 48.5 Å². The molecule has 0 aromatic heterocycles. The Balaban J connectivity index is 2.34. The average molecular weight is 268 g/mol. The molecule has 0 atom stereocenters. The minimum Gasteiger partial charge on any atom is -0.508 e. The first kappa shape index (κ1) is 13.9. The predicted molar refractivity (Wildman–Crippen MR) is 79.3 cm³/mol. The summed E-state index contributed by atoms with van der Waals surface area (Å²) in [6.07, 6.45) is 3.11. The van der Waals surface area contributed by atoms with E-state index in [0.29, 0.717) is 0 Å². The Morgan fingerprint density at radius 1 is 1.20 bits per heavy atom. The molecule has 20 heavy (non-hydrogen) atoms. The normalized spacial score (nSPS) is 10.7. The second kappa shape index (κ2) is 6.06. The van der Waals surface area contributed by atoms with Crippen molar-refractivity contribution in [3.63, 3.8) is 0 Å². The van der Waals surface area contributed by atoms with Crippen molar-refractivity contribution < 1.29 is 14.6 Å². The minimum absolute atomic E-state index is 0.257. The van der Waals surface area contributed by atoms with E-state index in [0.717, 1.165) is 22.3 Å². The van der Waals surface area contributed by atoms with Gasteiger partial charge in [-0.15, -0.1) is 0 Å². The summed E-state index contributed by atoms with van der Waals surface area (Å²) in [4.78, 5) is 11.1. The van der Waals surface area contributed by atoms with E-state index < -0.39 is 0 Å².